The molecule has 0 aliphatic rings. The molecule has 0 fully saturated rings. The summed E-state index contributed by atoms with van der Waals surface area (Å²) in [5.41, 5.74) is 0. The number of nitrogens with zero attached hydrogens (tertiary/aromatic N) is 2. The zero-order valence-electron chi connectivity index (χ0n) is 9.98. The number of hydrogen-bond donors (Lipinski definition) is 2. The molecule has 0 bridgehead atoms. The second-order valence-corrected chi connectivity index (χ2v) is 3.79. The number of anilines is 2. The summed E-state index contributed by atoms with van der Waals surface area (Å²) in [4.78, 5) is 7.41. The van der Waals surface area contributed by atoms with Crippen LogP contribution in [0.15, 0.2) is 6.20 Å². The molecule has 1 aromatic heterocycles. The molecule has 0 aromatic carbocycles. The van der Waals surface area contributed by atoms with Crippen molar-refractivity contribution in [3.05, 3.63) is 12.0 Å². The van der Waals surface area contributed by atoms with Crippen molar-refractivity contribution in [2.45, 2.75) is 32.5 Å². The summed E-state index contributed by atoms with van der Waals surface area (Å²) in [5, 5.41) is 5.12. The number of aromatic nitrogens is 2. The monoisotopic (exact) mass is 266 g/mol. The lowest BCUT2D eigenvalue weighted by Gasteiger charge is -2.17. The summed E-state index contributed by atoms with van der Waals surface area (Å²) in [6.07, 6.45) is -4.46. The number of alkyl halides is 3. The third-order valence-electron chi connectivity index (χ3n) is 2.00. The Labute approximate surface area is 102 Å². The fraction of sp³-hybridized carbons (Fsp3) is 0.600. The number of nitrogens with one attached hydrogen (secondary N) is 2. The third-order valence-corrected chi connectivity index (χ3v) is 2.00. The van der Waals surface area contributed by atoms with E-state index in [4.69, 9.17) is 0 Å². The van der Waals surface area contributed by atoms with Crippen molar-refractivity contribution in [3.8, 4) is 0 Å². The van der Waals surface area contributed by atoms with Crippen LogP contribution in [0.3, 0.4) is 0 Å². The zero-order valence-corrected chi connectivity index (χ0v) is 9.98. The van der Waals surface area contributed by atoms with E-state index in [2.05, 4.69) is 20.6 Å². The van der Waals surface area contributed by atoms with Crippen LogP contribution >= 0.6 is 0 Å². The highest BCUT2D eigenvalue weighted by Gasteiger charge is 2.30. The van der Waals surface area contributed by atoms with Crippen LogP contribution in [0.2, 0.25) is 0 Å². The summed E-state index contributed by atoms with van der Waals surface area (Å²) in [7, 11) is 0. The molecule has 2 N–H and O–H groups in total. The van der Waals surface area contributed by atoms with Gasteiger partial charge in [-0.3, -0.25) is 0 Å². The average Bonchev–Trinajstić information content (AvgIpc) is 2.20. The lowest BCUT2D eigenvalue weighted by molar-refractivity contribution is -0.136. The maximum Gasteiger partial charge on any atom is 0.391 e. The Bertz CT molecular complexity index is 394. The van der Waals surface area contributed by atoms with Gasteiger partial charge in [0.15, 0.2) is 11.6 Å². The van der Waals surface area contributed by atoms with Gasteiger partial charge in [0.05, 0.1) is 12.6 Å². The molecule has 1 rings (SSSR count). The minimum Gasteiger partial charge on any atom is -0.365 e. The molecule has 0 aliphatic carbocycles. The summed E-state index contributed by atoms with van der Waals surface area (Å²) >= 11 is 0. The maximum absolute atomic E-state index is 13.3. The van der Waals surface area contributed by atoms with E-state index in [0.717, 1.165) is 6.20 Å². The standard InChI is InChI=1S/C10H14F4N4/c1-3-15-9-16-5-7(11)8(18-9)17-6(2)4-10(12,13)14/h5-6H,3-4H2,1-2H3,(H2,15,16,17,18). The van der Waals surface area contributed by atoms with Gasteiger partial charge in [0, 0.05) is 12.6 Å². The SMILES string of the molecule is CCNc1ncc(F)c(NC(C)CC(F)(F)F)n1. The fourth-order valence-electron chi connectivity index (χ4n) is 1.34. The van der Waals surface area contributed by atoms with E-state index >= 15 is 0 Å². The van der Waals surface area contributed by atoms with Crippen molar-refractivity contribution >= 4 is 11.8 Å². The van der Waals surface area contributed by atoms with Gasteiger partial charge in [-0.25, -0.2) is 9.37 Å². The van der Waals surface area contributed by atoms with E-state index in [1.807, 2.05) is 0 Å². The molecule has 8 heteroatoms. The molecule has 1 unspecified atom stereocenters. The van der Waals surface area contributed by atoms with E-state index in [9.17, 15) is 17.6 Å². The van der Waals surface area contributed by atoms with Gasteiger partial charge in [0.25, 0.3) is 0 Å². The molecule has 0 spiro atoms. The van der Waals surface area contributed by atoms with Crippen LogP contribution in [0, 0.1) is 5.82 Å². The Hall–Kier alpha value is -1.60. The molecular formula is C10H14F4N4. The van der Waals surface area contributed by atoms with Gasteiger partial charge in [-0.2, -0.15) is 18.2 Å². The van der Waals surface area contributed by atoms with E-state index in [0.29, 0.717) is 6.54 Å². The molecule has 102 valence electrons. The summed E-state index contributed by atoms with van der Waals surface area (Å²) in [6, 6.07) is -0.969. The minimum absolute atomic E-state index is 0.167. The van der Waals surface area contributed by atoms with Gasteiger partial charge < -0.3 is 10.6 Å². The molecule has 0 radical (unpaired) electrons. The topological polar surface area (TPSA) is 49.8 Å². The quantitative estimate of drug-likeness (QED) is 0.805. The average molecular weight is 266 g/mol. The molecule has 18 heavy (non-hydrogen) atoms. The Kier molecular flexibility index (Phi) is 4.69. The first-order valence-corrected chi connectivity index (χ1v) is 5.41. The lowest BCUT2D eigenvalue weighted by atomic mass is 10.2. The molecule has 4 nitrogen and oxygen atoms in total. The first-order chi connectivity index (χ1) is 8.31. The summed E-state index contributed by atoms with van der Waals surface area (Å²) in [5.74, 6) is -0.857. The summed E-state index contributed by atoms with van der Waals surface area (Å²) < 4.78 is 49.7. The van der Waals surface area contributed by atoms with E-state index in [1.165, 1.54) is 6.92 Å². The molecule has 1 aromatic rings. The van der Waals surface area contributed by atoms with Crippen LogP contribution < -0.4 is 10.6 Å². The zero-order chi connectivity index (χ0) is 13.8. The van der Waals surface area contributed by atoms with Crippen molar-refractivity contribution in [3.63, 3.8) is 0 Å². The van der Waals surface area contributed by atoms with Gasteiger partial charge in [-0.15, -0.1) is 0 Å². The second kappa shape index (κ2) is 5.83. The van der Waals surface area contributed by atoms with Crippen molar-refractivity contribution < 1.29 is 17.6 Å². The Morgan fingerprint density at radius 1 is 1.39 bits per heavy atom. The largest absolute Gasteiger partial charge is 0.391 e. The van der Waals surface area contributed by atoms with E-state index < -0.39 is 24.5 Å². The number of halogens is 4. The van der Waals surface area contributed by atoms with Crippen LogP contribution in [-0.4, -0.2) is 28.7 Å². The summed E-state index contributed by atoms with van der Waals surface area (Å²) in [6.45, 7) is 3.64. The molecule has 0 amide bonds. The smallest absolute Gasteiger partial charge is 0.365 e. The van der Waals surface area contributed by atoms with E-state index in [1.54, 1.807) is 6.92 Å². The Morgan fingerprint density at radius 2 is 2.06 bits per heavy atom. The van der Waals surface area contributed by atoms with E-state index in [-0.39, 0.29) is 11.8 Å². The highest BCUT2D eigenvalue weighted by molar-refractivity contribution is 5.41. The molecule has 1 atom stereocenters. The van der Waals surface area contributed by atoms with Crippen molar-refractivity contribution in [2.75, 3.05) is 17.2 Å². The van der Waals surface area contributed by atoms with Crippen LogP contribution in [0.4, 0.5) is 29.3 Å². The second-order valence-electron chi connectivity index (χ2n) is 3.79. The predicted molar refractivity (Wildman–Crippen MR) is 59.9 cm³/mol. The van der Waals surface area contributed by atoms with Crippen LogP contribution in [0.5, 0.6) is 0 Å². The van der Waals surface area contributed by atoms with Gasteiger partial charge in [-0.1, -0.05) is 0 Å². The van der Waals surface area contributed by atoms with Crippen LogP contribution in [0.25, 0.3) is 0 Å². The van der Waals surface area contributed by atoms with Gasteiger partial charge >= 0.3 is 6.18 Å². The first kappa shape index (κ1) is 14.5. The highest BCUT2D eigenvalue weighted by Crippen LogP contribution is 2.23. The molecule has 1 heterocycles. The van der Waals surface area contributed by atoms with Crippen LogP contribution in [-0.2, 0) is 0 Å². The number of hydrogen-bond acceptors (Lipinski definition) is 4. The third kappa shape index (κ3) is 4.72. The molecule has 0 aliphatic heterocycles. The lowest BCUT2D eigenvalue weighted by Crippen LogP contribution is -2.25. The van der Waals surface area contributed by atoms with Crippen LogP contribution in [0.1, 0.15) is 20.3 Å². The fourth-order valence-corrected chi connectivity index (χ4v) is 1.34. The predicted octanol–water partition coefficient (Wildman–Crippen LogP) is 2.80. The van der Waals surface area contributed by atoms with Crippen molar-refractivity contribution in [1.29, 1.82) is 0 Å². The Balaban J connectivity index is 2.73. The first-order valence-electron chi connectivity index (χ1n) is 5.41. The highest BCUT2D eigenvalue weighted by atomic mass is 19.4. The maximum atomic E-state index is 13.3. The molecule has 0 saturated carbocycles. The van der Waals surface area contributed by atoms with Crippen molar-refractivity contribution in [2.24, 2.45) is 0 Å². The van der Waals surface area contributed by atoms with Gasteiger partial charge in [-0.05, 0) is 13.8 Å². The normalized spacial score (nSPS) is 13.2. The molecular weight excluding hydrogens is 252 g/mol. The Morgan fingerprint density at radius 3 is 2.61 bits per heavy atom. The van der Waals surface area contributed by atoms with Gasteiger partial charge in [0.2, 0.25) is 5.95 Å². The number of rotatable bonds is 5. The van der Waals surface area contributed by atoms with Crippen molar-refractivity contribution in [1.82, 2.24) is 9.97 Å². The molecule has 0 saturated heterocycles. The van der Waals surface area contributed by atoms with Gasteiger partial charge in [0.1, 0.15) is 0 Å². The minimum atomic E-state index is -4.31.